The summed E-state index contributed by atoms with van der Waals surface area (Å²) in [5, 5.41) is 4.91. The number of ether oxygens (including phenoxy) is 1. The third kappa shape index (κ3) is 3.04. The summed E-state index contributed by atoms with van der Waals surface area (Å²) in [6.45, 7) is 1.94. The summed E-state index contributed by atoms with van der Waals surface area (Å²) in [5.41, 5.74) is 1.23. The molecule has 0 saturated carbocycles. The van der Waals surface area contributed by atoms with Crippen molar-refractivity contribution in [2.75, 3.05) is 6.61 Å². The zero-order valence-electron chi connectivity index (χ0n) is 12.8. The molecule has 1 fully saturated rings. The highest BCUT2D eigenvalue weighted by molar-refractivity contribution is 6.07. The number of imide groups is 1. The molecule has 0 radical (unpaired) electrons. The molecule has 2 aromatic carbocycles. The van der Waals surface area contributed by atoms with Crippen LogP contribution < -0.4 is 15.4 Å². The van der Waals surface area contributed by atoms with Gasteiger partial charge in [-0.25, -0.2) is 4.79 Å². The second-order valence-electron chi connectivity index (χ2n) is 5.52. The first-order valence-electron chi connectivity index (χ1n) is 7.55. The Hall–Kier alpha value is -2.82. The first-order chi connectivity index (χ1) is 11.1. The Morgan fingerprint density at radius 1 is 0.957 bits per heavy atom. The fourth-order valence-electron chi connectivity index (χ4n) is 2.56. The monoisotopic (exact) mass is 310 g/mol. The first kappa shape index (κ1) is 15.1. The van der Waals surface area contributed by atoms with Gasteiger partial charge in [-0.15, -0.1) is 0 Å². The van der Waals surface area contributed by atoms with Crippen molar-refractivity contribution in [3.63, 3.8) is 0 Å². The molecule has 2 N–H and O–H groups in total. The predicted molar refractivity (Wildman–Crippen MR) is 87.1 cm³/mol. The third-order valence-electron chi connectivity index (χ3n) is 4.06. The van der Waals surface area contributed by atoms with Gasteiger partial charge in [0.05, 0.1) is 0 Å². The molecule has 3 amide bonds. The highest BCUT2D eigenvalue weighted by Crippen LogP contribution is 2.23. The van der Waals surface area contributed by atoms with E-state index in [1.165, 1.54) is 0 Å². The second kappa shape index (κ2) is 6.12. The standard InChI is InChI=1S/C18H18N2O3/c1-2-18(16(21)19-17(22)20-18)12-23-15-10-8-14(9-11-15)13-6-4-3-5-7-13/h3-11H,2,12H2,1H3,(H2,19,20,21,22). The van der Waals surface area contributed by atoms with Crippen LogP contribution in [-0.2, 0) is 4.79 Å². The summed E-state index contributed by atoms with van der Waals surface area (Å²) in [4.78, 5) is 23.3. The largest absolute Gasteiger partial charge is 0.491 e. The number of amides is 3. The van der Waals surface area contributed by atoms with Crippen molar-refractivity contribution >= 4 is 11.9 Å². The van der Waals surface area contributed by atoms with Crippen LogP contribution in [0.15, 0.2) is 54.6 Å². The minimum Gasteiger partial charge on any atom is -0.491 e. The van der Waals surface area contributed by atoms with Crippen LogP contribution in [0.3, 0.4) is 0 Å². The van der Waals surface area contributed by atoms with E-state index in [2.05, 4.69) is 10.6 Å². The van der Waals surface area contributed by atoms with E-state index in [0.717, 1.165) is 11.1 Å². The molecule has 0 aromatic heterocycles. The number of carbonyl (C=O) groups excluding carboxylic acids is 2. The smallest absolute Gasteiger partial charge is 0.322 e. The molecule has 2 aromatic rings. The van der Waals surface area contributed by atoms with Gasteiger partial charge >= 0.3 is 6.03 Å². The second-order valence-corrected chi connectivity index (χ2v) is 5.52. The number of hydrogen-bond acceptors (Lipinski definition) is 3. The van der Waals surface area contributed by atoms with E-state index in [-0.39, 0.29) is 12.5 Å². The maximum absolute atomic E-state index is 11.9. The number of benzene rings is 2. The van der Waals surface area contributed by atoms with Crippen LogP contribution in [-0.4, -0.2) is 24.1 Å². The highest BCUT2D eigenvalue weighted by atomic mass is 16.5. The Labute approximate surface area is 134 Å². The lowest BCUT2D eigenvalue weighted by Crippen LogP contribution is -2.51. The lowest BCUT2D eigenvalue weighted by Gasteiger charge is -2.24. The SMILES string of the molecule is CCC1(COc2ccc(-c3ccccc3)cc2)NC(=O)NC1=O. The quantitative estimate of drug-likeness (QED) is 0.834. The molecule has 1 heterocycles. The van der Waals surface area contributed by atoms with Crippen LogP contribution in [0.2, 0.25) is 0 Å². The average Bonchev–Trinajstić information content (AvgIpc) is 2.88. The normalized spacial score (nSPS) is 20.0. The Bertz CT molecular complexity index is 713. The maximum atomic E-state index is 11.9. The topological polar surface area (TPSA) is 67.4 Å². The zero-order chi connectivity index (χ0) is 16.3. The Morgan fingerprint density at radius 2 is 1.61 bits per heavy atom. The molecule has 1 saturated heterocycles. The Morgan fingerprint density at radius 3 is 2.17 bits per heavy atom. The Kier molecular flexibility index (Phi) is 4.02. The first-order valence-corrected chi connectivity index (χ1v) is 7.55. The van der Waals surface area contributed by atoms with Crippen molar-refractivity contribution < 1.29 is 14.3 Å². The van der Waals surface area contributed by atoms with Gasteiger partial charge in [0, 0.05) is 0 Å². The van der Waals surface area contributed by atoms with Crippen molar-refractivity contribution in [3.05, 3.63) is 54.6 Å². The summed E-state index contributed by atoms with van der Waals surface area (Å²) in [5.74, 6) is 0.317. The number of nitrogens with one attached hydrogen (secondary N) is 2. The molecule has 0 aliphatic carbocycles. The molecule has 0 spiro atoms. The van der Waals surface area contributed by atoms with Crippen LogP contribution in [0, 0.1) is 0 Å². The minimum absolute atomic E-state index is 0.103. The molecular weight excluding hydrogens is 292 g/mol. The van der Waals surface area contributed by atoms with Gasteiger partial charge in [-0.3, -0.25) is 10.1 Å². The number of rotatable bonds is 5. The van der Waals surface area contributed by atoms with Gasteiger partial charge in [0.25, 0.3) is 5.91 Å². The van der Waals surface area contributed by atoms with Gasteiger partial charge in [0.1, 0.15) is 12.4 Å². The van der Waals surface area contributed by atoms with Gasteiger partial charge in [0.2, 0.25) is 0 Å². The molecule has 1 unspecified atom stereocenters. The fourth-order valence-corrected chi connectivity index (χ4v) is 2.56. The van der Waals surface area contributed by atoms with Crippen molar-refractivity contribution in [2.24, 2.45) is 0 Å². The van der Waals surface area contributed by atoms with Crippen molar-refractivity contribution in [1.82, 2.24) is 10.6 Å². The van der Waals surface area contributed by atoms with Crippen molar-refractivity contribution in [1.29, 1.82) is 0 Å². The van der Waals surface area contributed by atoms with Crippen LogP contribution in [0.4, 0.5) is 4.79 Å². The van der Waals surface area contributed by atoms with Crippen LogP contribution in [0.5, 0.6) is 5.75 Å². The van der Waals surface area contributed by atoms with Gasteiger partial charge in [-0.2, -0.15) is 0 Å². The zero-order valence-corrected chi connectivity index (χ0v) is 12.8. The molecular formula is C18H18N2O3. The van der Waals surface area contributed by atoms with E-state index in [4.69, 9.17) is 4.74 Å². The summed E-state index contributed by atoms with van der Waals surface area (Å²) >= 11 is 0. The van der Waals surface area contributed by atoms with E-state index in [1.807, 2.05) is 61.5 Å². The molecule has 118 valence electrons. The summed E-state index contributed by atoms with van der Waals surface area (Å²) < 4.78 is 5.72. The minimum atomic E-state index is -0.991. The van der Waals surface area contributed by atoms with Gasteiger partial charge < -0.3 is 10.1 Å². The molecule has 3 rings (SSSR count). The fraction of sp³-hybridized carbons (Fsp3) is 0.222. The molecule has 23 heavy (non-hydrogen) atoms. The molecule has 1 aliphatic rings. The van der Waals surface area contributed by atoms with Crippen LogP contribution in [0.1, 0.15) is 13.3 Å². The number of carbonyl (C=O) groups is 2. The highest BCUT2D eigenvalue weighted by Gasteiger charge is 2.45. The van der Waals surface area contributed by atoms with E-state index < -0.39 is 11.6 Å². The lowest BCUT2D eigenvalue weighted by molar-refractivity contribution is -0.125. The van der Waals surface area contributed by atoms with Crippen LogP contribution in [0.25, 0.3) is 11.1 Å². The molecule has 1 aliphatic heterocycles. The van der Waals surface area contributed by atoms with Crippen LogP contribution >= 0.6 is 0 Å². The number of urea groups is 1. The van der Waals surface area contributed by atoms with E-state index in [1.54, 1.807) is 0 Å². The van der Waals surface area contributed by atoms with E-state index in [0.29, 0.717) is 12.2 Å². The van der Waals surface area contributed by atoms with Gasteiger partial charge in [0.15, 0.2) is 5.54 Å². The van der Waals surface area contributed by atoms with E-state index >= 15 is 0 Å². The summed E-state index contributed by atoms with van der Waals surface area (Å²) in [7, 11) is 0. The average molecular weight is 310 g/mol. The van der Waals surface area contributed by atoms with Gasteiger partial charge in [-0.1, -0.05) is 49.4 Å². The Balaban J connectivity index is 1.69. The van der Waals surface area contributed by atoms with Gasteiger partial charge in [-0.05, 0) is 29.7 Å². The summed E-state index contributed by atoms with van der Waals surface area (Å²) in [6.07, 6.45) is 0.465. The molecule has 5 heteroatoms. The molecule has 1 atom stereocenters. The molecule has 0 bridgehead atoms. The van der Waals surface area contributed by atoms with Crippen molar-refractivity contribution in [3.8, 4) is 16.9 Å². The summed E-state index contributed by atoms with van der Waals surface area (Å²) in [6, 6.07) is 17.2. The molecule has 5 nitrogen and oxygen atoms in total. The lowest BCUT2D eigenvalue weighted by atomic mass is 9.98. The number of hydrogen-bond donors (Lipinski definition) is 2. The third-order valence-corrected chi connectivity index (χ3v) is 4.06. The van der Waals surface area contributed by atoms with Crippen molar-refractivity contribution in [2.45, 2.75) is 18.9 Å². The maximum Gasteiger partial charge on any atom is 0.322 e. The van der Waals surface area contributed by atoms with E-state index in [9.17, 15) is 9.59 Å². The predicted octanol–water partition coefficient (Wildman–Crippen LogP) is 2.72.